The van der Waals surface area contributed by atoms with Gasteiger partial charge < -0.3 is 9.84 Å². The van der Waals surface area contributed by atoms with Crippen LogP contribution in [0.25, 0.3) is 0 Å². The summed E-state index contributed by atoms with van der Waals surface area (Å²) < 4.78 is 31.9. The molecule has 0 radical (unpaired) electrons. The number of hydrogen-bond donors (Lipinski definition) is 1. The van der Waals surface area contributed by atoms with Crippen molar-refractivity contribution in [1.82, 2.24) is 10.5 Å². The van der Waals surface area contributed by atoms with Crippen LogP contribution in [0.15, 0.2) is 15.2 Å². The first-order valence-electron chi connectivity index (χ1n) is 6.17. The molecule has 0 bridgehead atoms. The molecule has 1 aliphatic rings. The minimum absolute atomic E-state index is 0.239. The van der Waals surface area contributed by atoms with Crippen LogP contribution in [0.5, 0.6) is 0 Å². The zero-order chi connectivity index (χ0) is 14.0. The van der Waals surface area contributed by atoms with Gasteiger partial charge in [-0.15, -0.1) is 0 Å². The Kier molecular flexibility index (Phi) is 4.23. The van der Waals surface area contributed by atoms with Crippen molar-refractivity contribution < 1.29 is 18.1 Å². The number of alkyl halides is 2. The number of nitrogens with one attached hydrogen (secondary N) is 1. The van der Waals surface area contributed by atoms with Crippen molar-refractivity contribution >= 4 is 21.8 Å². The highest BCUT2D eigenvalue weighted by molar-refractivity contribution is 9.10. The van der Waals surface area contributed by atoms with E-state index in [-0.39, 0.29) is 12.8 Å². The molecule has 4 nitrogen and oxygen atoms in total. The first-order chi connectivity index (χ1) is 8.95. The lowest BCUT2D eigenvalue weighted by molar-refractivity contribution is -0.141. The van der Waals surface area contributed by atoms with Gasteiger partial charge in [0, 0.05) is 6.07 Å². The Morgan fingerprint density at radius 1 is 1.53 bits per heavy atom. The Morgan fingerprint density at radius 2 is 2.16 bits per heavy atom. The molecule has 2 rings (SSSR count). The summed E-state index contributed by atoms with van der Waals surface area (Å²) in [4.78, 5) is 12.1. The summed E-state index contributed by atoms with van der Waals surface area (Å²) in [7, 11) is 0. The van der Waals surface area contributed by atoms with Crippen LogP contribution in [-0.2, 0) is 4.79 Å². The van der Waals surface area contributed by atoms with E-state index in [4.69, 9.17) is 4.52 Å². The molecule has 0 aliphatic heterocycles. The van der Waals surface area contributed by atoms with Gasteiger partial charge in [-0.1, -0.05) is 18.0 Å². The number of aromatic nitrogens is 1. The Bertz CT molecular complexity index is 458. The number of halogens is 3. The fourth-order valence-corrected chi connectivity index (χ4v) is 2.73. The largest absolute Gasteiger partial charge is 0.358 e. The zero-order valence-electron chi connectivity index (χ0n) is 10.5. The fraction of sp³-hybridized carbons (Fsp3) is 0.667. The molecule has 1 heterocycles. The van der Waals surface area contributed by atoms with Gasteiger partial charge in [0.05, 0.1) is 6.04 Å². The highest BCUT2D eigenvalue weighted by Gasteiger charge is 2.49. The molecule has 0 unspecified atom stereocenters. The van der Waals surface area contributed by atoms with Crippen molar-refractivity contribution in [3.05, 3.63) is 16.4 Å². The molecule has 1 N–H and O–H groups in total. The van der Waals surface area contributed by atoms with Crippen LogP contribution in [0.2, 0.25) is 0 Å². The zero-order valence-corrected chi connectivity index (χ0v) is 12.0. The molecule has 7 heteroatoms. The molecule has 106 valence electrons. The van der Waals surface area contributed by atoms with E-state index in [1.807, 2.05) is 0 Å². The predicted octanol–water partition coefficient (Wildman–Crippen LogP) is 3.44. The quantitative estimate of drug-likeness (QED) is 0.916. The predicted molar refractivity (Wildman–Crippen MR) is 67.7 cm³/mol. The molecule has 1 aromatic rings. The molecule has 1 amide bonds. The SMILES string of the molecule is C[C@@H](NC(=O)C1(C(F)F)CCCC1)c1cc(Br)no1. The number of amides is 1. The van der Waals surface area contributed by atoms with E-state index in [0.29, 0.717) is 23.2 Å². The van der Waals surface area contributed by atoms with Crippen LogP contribution in [0.4, 0.5) is 8.78 Å². The van der Waals surface area contributed by atoms with Gasteiger partial charge in [-0.2, -0.15) is 0 Å². The molecule has 0 spiro atoms. The van der Waals surface area contributed by atoms with Gasteiger partial charge in [-0.25, -0.2) is 8.78 Å². The van der Waals surface area contributed by atoms with Crippen molar-refractivity contribution in [2.24, 2.45) is 5.41 Å². The average molecular weight is 337 g/mol. The van der Waals surface area contributed by atoms with Crippen LogP contribution in [0, 0.1) is 5.41 Å². The third-order valence-corrected chi connectivity index (χ3v) is 4.01. The normalized spacial score (nSPS) is 19.6. The van der Waals surface area contributed by atoms with Gasteiger partial charge in [-0.05, 0) is 35.7 Å². The van der Waals surface area contributed by atoms with Crippen molar-refractivity contribution in [3.8, 4) is 0 Å². The monoisotopic (exact) mass is 336 g/mol. The Balaban J connectivity index is 2.07. The van der Waals surface area contributed by atoms with E-state index in [0.717, 1.165) is 0 Å². The van der Waals surface area contributed by atoms with Gasteiger partial charge in [0.1, 0.15) is 10.0 Å². The Morgan fingerprint density at radius 3 is 2.63 bits per heavy atom. The van der Waals surface area contributed by atoms with Crippen LogP contribution >= 0.6 is 15.9 Å². The lowest BCUT2D eigenvalue weighted by Gasteiger charge is -2.27. The minimum Gasteiger partial charge on any atom is -0.358 e. The molecule has 0 aromatic carbocycles. The van der Waals surface area contributed by atoms with Crippen molar-refractivity contribution in [2.45, 2.75) is 45.1 Å². The van der Waals surface area contributed by atoms with Crippen LogP contribution in [0.3, 0.4) is 0 Å². The van der Waals surface area contributed by atoms with Crippen LogP contribution < -0.4 is 5.32 Å². The summed E-state index contributed by atoms with van der Waals surface area (Å²) in [6.45, 7) is 1.68. The first-order valence-corrected chi connectivity index (χ1v) is 6.96. The molecular weight excluding hydrogens is 322 g/mol. The third kappa shape index (κ3) is 2.80. The number of rotatable bonds is 4. The summed E-state index contributed by atoms with van der Waals surface area (Å²) in [6, 6.07) is 1.12. The Hall–Kier alpha value is -0.980. The molecule has 0 saturated heterocycles. The molecular formula is C12H15BrF2N2O2. The molecule has 1 saturated carbocycles. The van der Waals surface area contributed by atoms with E-state index in [9.17, 15) is 13.6 Å². The standard InChI is InChI=1S/C12H15BrF2N2O2/c1-7(8-6-9(13)17-19-8)16-11(18)12(10(14)15)4-2-3-5-12/h6-7,10H,2-5H2,1H3,(H,16,18)/t7-/m1/s1. The van der Waals surface area contributed by atoms with Gasteiger partial charge in [-0.3, -0.25) is 4.79 Å². The molecule has 1 fully saturated rings. The van der Waals surface area contributed by atoms with Gasteiger partial charge in [0.25, 0.3) is 6.43 Å². The third-order valence-electron chi connectivity index (χ3n) is 3.64. The number of hydrogen-bond acceptors (Lipinski definition) is 3. The summed E-state index contributed by atoms with van der Waals surface area (Å²) >= 11 is 3.13. The average Bonchev–Trinajstić information content (AvgIpc) is 2.97. The molecule has 1 atom stereocenters. The molecule has 1 aromatic heterocycles. The lowest BCUT2D eigenvalue weighted by Crippen LogP contribution is -2.44. The minimum atomic E-state index is -2.64. The van der Waals surface area contributed by atoms with Crippen LogP contribution in [-0.4, -0.2) is 17.5 Å². The highest BCUT2D eigenvalue weighted by atomic mass is 79.9. The summed E-state index contributed by atoms with van der Waals surface area (Å²) in [5.74, 6) is -0.164. The van der Waals surface area contributed by atoms with Crippen molar-refractivity contribution in [1.29, 1.82) is 0 Å². The summed E-state index contributed by atoms with van der Waals surface area (Å²) in [6.07, 6.45) is -0.823. The van der Waals surface area contributed by atoms with Crippen molar-refractivity contribution in [2.75, 3.05) is 0 Å². The second kappa shape index (κ2) is 5.56. The van der Waals surface area contributed by atoms with Crippen molar-refractivity contribution in [3.63, 3.8) is 0 Å². The maximum atomic E-state index is 13.2. The molecule has 19 heavy (non-hydrogen) atoms. The highest BCUT2D eigenvalue weighted by Crippen LogP contribution is 2.43. The lowest BCUT2D eigenvalue weighted by atomic mass is 9.85. The molecule has 1 aliphatic carbocycles. The van der Waals surface area contributed by atoms with Gasteiger partial charge >= 0.3 is 0 Å². The number of carbonyl (C=O) groups excluding carboxylic acids is 1. The van der Waals surface area contributed by atoms with E-state index in [1.165, 1.54) is 0 Å². The van der Waals surface area contributed by atoms with E-state index in [2.05, 4.69) is 26.4 Å². The summed E-state index contributed by atoms with van der Waals surface area (Å²) in [5.41, 5.74) is -1.54. The van der Waals surface area contributed by atoms with E-state index in [1.54, 1.807) is 13.0 Å². The topological polar surface area (TPSA) is 55.1 Å². The van der Waals surface area contributed by atoms with Crippen LogP contribution in [0.1, 0.15) is 44.4 Å². The second-order valence-corrected chi connectivity index (χ2v) is 5.72. The number of nitrogens with zero attached hydrogens (tertiary/aromatic N) is 1. The fourth-order valence-electron chi connectivity index (χ4n) is 2.43. The maximum Gasteiger partial charge on any atom is 0.252 e. The maximum absolute atomic E-state index is 13.2. The smallest absolute Gasteiger partial charge is 0.252 e. The van der Waals surface area contributed by atoms with E-state index < -0.39 is 23.8 Å². The number of carbonyl (C=O) groups is 1. The van der Waals surface area contributed by atoms with Gasteiger partial charge in [0.2, 0.25) is 5.91 Å². The van der Waals surface area contributed by atoms with E-state index >= 15 is 0 Å². The van der Waals surface area contributed by atoms with Gasteiger partial charge in [0.15, 0.2) is 5.76 Å². The first kappa shape index (κ1) is 14.4. The summed E-state index contributed by atoms with van der Waals surface area (Å²) in [5, 5.41) is 6.24. The second-order valence-electron chi connectivity index (χ2n) is 4.91. The Labute approximate surface area is 118 Å².